The summed E-state index contributed by atoms with van der Waals surface area (Å²) in [4.78, 5) is 47.2. The summed E-state index contributed by atoms with van der Waals surface area (Å²) >= 11 is 1.31. The first-order chi connectivity index (χ1) is 16.9. The van der Waals surface area contributed by atoms with Crippen molar-refractivity contribution in [2.24, 2.45) is 5.16 Å². The van der Waals surface area contributed by atoms with Gasteiger partial charge in [0.05, 0.1) is 23.3 Å². The number of nitrogens with two attached hydrogens (primary N) is 1. The number of furan rings is 1. The highest BCUT2D eigenvalue weighted by Gasteiger charge is 2.53. The lowest BCUT2D eigenvalue weighted by molar-refractivity contribution is -0.687. The molecule has 2 amide bonds. The molecule has 1 saturated heterocycles. The molecular weight excluding hydrogens is 482 g/mol. The fourth-order valence-electron chi connectivity index (χ4n) is 3.89. The van der Waals surface area contributed by atoms with Gasteiger partial charge in [-0.15, -0.1) is 11.8 Å². The zero-order chi connectivity index (χ0) is 24.7. The zero-order valence-electron chi connectivity index (χ0n) is 18.0. The van der Waals surface area contributed by atoms with Crippen LogP contribution in [0.4, 0.5) is 6.01 Å². The molecule has 3 aromatic rings. The number of nitrogens with zero attached hydrogens (tertiary/aromatic N) is 5. The van der Waals surface area contributed by atoms with Crippen LogP contribution < -0.4 is 20.7 Å². The number of aliphatic carboxylic acids is 1. The third kappa shape index (κ3) is 3.95. The minimum Gasteiger partial charge on any atom is -0.543 e. The number of fused-ring (bicyclic) bond motifs is 2. The number of carbonyl (C=O) groups excluding carboxylic acids is 3. The molecule has 2 aliphatic rings. The van der Waals surface area contributed by atoms with Crippen molar-refractivity contribution in [2.75, 3.05) is 18.6 Å². The Bertz CT molecular complexity index is 1410. The number of thioether (sulfide) groups is 1. The second-order valence-electron chi connectivity index (χ2n) is 7.54. The number of rotatable bonds is 7. The smallest absolute Gasteiger partial charge is 0.319 e. The monoisotopic (exact) mass is 499 g/mol. The number of anilines is 1. The fraction of sp³-hybridized carbons (Fsp3) is 0.250. The number of hydrogen-bond donors (Lipinski definition) is 2. The van der Waals surface area contributed by atoms with Crippen molar-refractivity contribution in [1.82, 2.24) is 20.4 Å². The van der Waals surface area contributed by atoms with Crippen molar-refractivity contribution in [3.05, 3.63) is 47.9 Å². The molecule has 0 bridgehead atoms. The van der Waals surface area contributed by atoms with Crippen LogP contribution in [-0.2, 0) is 25.8 Å². The Morgan fingerprint density at radius 2 is 2.29 bits per heavy atom. The predicted molar refractivity (Wildman–Crippen MR) is 116 cm³/mol. The number of amides is 2. The highest BCUT2D eigenvalue weighted by atomic mass is 32.2. The van der Waals surface area contributed by atoms with Crippen molar-refractivity contribution in [1.29, 1.82) is 0 Å². The minimum absolute atomic E-state index is 0.208. The van der Waals surface area contributed by atoms with E-state index in [2.05, 4.69) is 30.0 Å². The van der Waals surface area contributed by atoms with Gasteiger partial charge >= 0.3 is 6.01 Å². The van der Waals surface area contributed by atoms with E-state index in [9.17, 15) is 19.5 Å². The third-order valence-corrected chi connectivity index (χ3v) is 6.74. The van der Waals surface area contributed by atoms with E-state index in [1.54, 1.807) is 29.2 Å². The van der Waals surface area contributed by atoms with Crippen LogP contribution in [0.3, 0.4) is 0 Å². The van der Waals surface area contributed by atoms with Crippen LogP contribution in [0, 0.1) is 0 Å². The van der Waals surface area contributed by atoms with Gasteiger partial charge in [-0.25, -0.2) is 4.57 Å². The average Bonchev–Trinajstić information content (AvgIpc) is 3.48. The van der Waals surface area contributed by atoms with Gasteiger partial charge in [0.25, 0.3) is 11.8 Å². The number of carboxylic acid groups (broad SMARTS) is 1. The van der Waals surface area contributed by atoms with Gasteiger partial charge in [0.2, 0.25) is 11.5 Å². The number of pyridine rings is 1. The van der Waals surface area contributed by atoms with E-state index >= 15 is 0 Å². The Kier molecular flexibility index (Phi) is 5.60. The van der Waals surface area contributed by atoms with Gasteiger partial charge in [0.1, 0.15) is 24.1 Å². The molecule has 2 aliphatic heterocycles. The fourth-order valence-corrected chi connectivity index (χ4v) is 5.22. The van der Waals surface area contributed by atoms with Crippen molar-refractivity contribution < 1.29 is 37.8 Å². The lowest BCUT2D eigenvalue weighted by Crippen LogP contribution is -2.71. The van der Waals surface area contributed by atoms with Crippen molar-refractivity contribution in [3.8, 4) is 0 Å². The first kappa shape index (κ1) is 22.4. The van der Waals surface area contributed by atoms with Crippen LogP contribution in [0.15, 0.2) is 56.2 Å². The predicted octanol–water partition coefficient (Wildman–Crippen LogP) is -1.86. The molecule has 0 saturated carbocycles. The number of aromatic nitrogens is 3. The van der Waals surface area contributed by atoms with Crippen molar-refractivity contribution in [3.63, 3.8) is 0 Å². The number of nitrogens with one attached hydrogen (secondary N) is 1. The van der Waals surface area contributed by atoms with Gasteiger partial charge in [-0.2, -0.15) is 4.98 Å². The number of hydrogen-bond acceptors (Lipinski definition) is 12. The van der Waals surface area contributed by atoms with Crippen LogP contribution >= 0.6 is 11.8 Å². The summed E-state index contributed by atoms with van der Waals surface area (Å²) in [6, 6.07) is 2.27. The number of nitrogen functional groups attached to an aromatic ring is 1. The maximum absolute atomic E-state index is 12.9. The molecule has 180 valence electrons. The van der Waals surface area contributed by atoms with Crippen LogP contribution in [-0.4, -0.2) is 62.8 Å². The summed E-state index contributed by atoms with van der Waals surface area (Å²) in [7, 11) is 1.21. The second kappa shape index (κ2) is 8.75. The Balaban J connectivity index is 1.36. The van der Waals surface area contributed by atoms with E-state index in [0.717, 1.165) is 10.3 Å². The third-order valence-electron chi connectivity index (χ3n) is 5.40. The van der Waals surface area contributed by atoms with E-state index in [1.807, 2.05) is 6.20 Å². The standard InChI is InChI=1S/C20H17N7O7S/c1-32-24-12(15-23-20(21)34-25-15)16(28)22-13-17(29)27-14(19(30)31)10(8-35-18(13)27)7-26-4-2-11-9(6-26)3-5-33-11/h2-6,13,18H,7-8H2,1H3,(H3-,21,22,23,25,28,30,31)/t13?,18-/m1/s1. The van der Waals surface area contributed by atoms with E-state index < -0.39 is 29.2 Å². The SMILES string of the molecule is CON=C(C(=O)NC1C(=O)N2C(C(=O)[O-])=C(C[n+]3ccc4occc4c3)CS[C@H]12)c1noc(N)n1. The van der Waals surface area contributed by atoms with Crippen LogP contribution in [0.25, 0.3) is 11.0 Å². The largest absolute Gasteiger partial charge is 0.543 e. The summed E-state index contributed by atoms with van der Waals surface area (Å²) in [5.74, 6) is -2.82. The first-order valence-corrected chi connectivity index (χ1v) is 11.2. The topological polar surface area (TPSA) is 193 Å². The Hall–Kier alpha value is -4.40. The normalized spacial score (nSPS) is 20.0. The van der Waals surface area contributed by atoms with Gasteiger partial charge in [-0.05, 0) is 6.07 Å². The van der Waals surface area contributed by atoms with E-state index in [-0.39, 0.29) is 29.8 Å². The van der Waals surface area contributed by atoms with Crippen molar-refractivity contribution in [2.45, 2.75) is 18.0 Å². The molecule has 15 heteroatoms. The van der Waals surface area contributed by atoms with Gasteiger partial charge in [-0.3, -0.25) is 14.5 Å². The van der Waals surface area contributed by atoms with E-state index in [4.69, 9.17) is 10.2 Å². The molecule has 0 aromatic carbocycles. The Morgan fingerprint density at radius 1 is 1.46 bits per heavy atom. The number of carboxylic acids is 1. The molecule has 0 radical (unpaired) electrons. The highest BCUT2D eigenvalue weighted by molar-refractivity contribution is 8.00. The molecule has 1 fully saturated rings. The zero-order valence-corrected chi connectivity index (χ0v) is 18.9. The molecule has 2 atom stereocenters. The second-order valence-corrected chi connectivity index (χ2v) is 8.64. The molecule has 5 heterocycles. The first-order valence-electron chi connectivity index (χ1n) is 10.1. The van der Waals surface area contributed by atoms with Gasteiger partial charge < -0.3 is 34.7 Å². The van der Waals surface area contributed by atoms with E-state index in [1.165, 1.54) is 18.9 Å². The summed E-state index contributed by atoms with van der Waals surface area (Å²) in [5, 5.41) is 21.8. The van der Waals surface area contributed by atoms with Gasteiger partial charge in [0.15, 0.2) is 18.9 Å². The molecule has 1 unspecified atom stereocenters. The van der Waals surface area contributed by atoms with E-state index in [0.29, 0.717) is 16.9 Å². The molecule has 3 N–H and O–H groups in total. The maximum atomic E-state index is 12.9. The Labute approximate surface area is 200 Å². The van der Waals surface area contributed by atoms with Gasteiger partial charge in [-0.1, -0.05) is 10.3 Å². The number of oxime groups is 1. The molecule has 0 aliphatic carbocycles. The van der Waals surface area contributed by atoms with Gasteiger partial charge in [0, 0.05) is 17.4 Å². The number of carbonyl (C=O) groups is 3. The summed E-state index contributed by atoms with van der Waals surface area (Å²) in [5.41, 5.74) is 6.02. The minimum atomic E-state index is -1.47. The molecule has 35 heavy (non-hydrogen) atoms. The molecule has 0 spiro atoms. The molecule has 3 aromatic heterocycles. The Morgan fingerprint density at radius 3 is 3.00 bits per heavy atom. The summed E-state index contributed by atoms with van der Waals surface area (Å²) < 4.78 is 11.8. The summed E-state index contributed by atoms with van der Waals surface area (Å²) in [6.07, 6.45) is 5.13. The van der Waals surface area contributed by atoms with Crippen molar-refractivity contribution >= 4 is 52.2 Å². The lowest BCUT2D eigenvalue weighted by atomic mass is 10.0. The number of β-lactam (4-membered cyclic amide) rings is 1. The van der Waals surface area contributed by atoms with Crippen LogP contribution in [0.5, 0.6) is 0 Å². The lowest BCUT2D eigenvalue weighted by Gasteiger charge is -2.50. The highest BCUT2D eigenvalue weighted by Crippen LogP contribution is 2.40. The molecular formula is C20H17N7O7S. The maximum Gasteiger partial charge on any atom is 0.319 e. The molecule has 5 rings (SSSR count). The average molecular weight is 499 g/mol. The molecule has 14 nitrogen and oxygen atoms in total. The van der Waals surface area contributed by atoms with Crippen LogP contribution in [0.1, 0.15) is 5.82 Å². The summed E-state index contributed by atoms with van der Waals surface area (Å²) in [6.45, 7) is 0.231. The quantitative estimate of drug-likeness (QED) is 0.160. The van der Waals surface area contributed by atoms with Crippen LogP contribution in [0.2, 0.25) is 0 Å².